The standard InChI is InChI=1S/C20H27N5O4/c1-19(24-16(26)14-4-3-9-21-14)8-13-29-20(17(19)27)6-11-25(12-7-20)18-22-10-5-15(23-18)28-2/h3-5,9-10,17,21,27H,6-8,11-13H2,1-2H3,(H,24,26)/t17-,19+/m1/s1. The Morgan fingerprint density at radius 1 is 1.38 bits per heavy atom. The number of H-pyrrole nitrogens is 1. The van der Waals surface area contributed by atoms with Gasteiger partial charge in [0.2, 0.25) is 11.8 Å². The summed E-state index contributed by atoms with van der Waals surface area (Å²) in [5, 5.41) is 14.3. The number of nitrogens with zero attached hydrogens (tertiary/aromatic N) is 3. The normalized spacial score (nSPS) is 26.3. The fraction of sp³-hybridized carbons (Fsp3) is 0.550. The van der Waals surface area contributed by atoms with Gasteiger partial charge in [0, 0.05) is 38.2 Å². The van der Waals surface area contributed by atoms with Gasteiger partial charge in [0.25, 0.3) is 5.91 Å². The van der Waals surface area contributed by atoms with E-state index >= 15 is 0 Å². The van der Waals surface area contributed by atoms with Crippen molar-refractivity contribution in [3.8, 4) is 5.88 Å². The van der Waals surface area contributed by atoms with Gasteiger partial charge in [-0.2, -0.15) is 4.98 Å². The molecule has 2 aliphatic heterocycles. The number of aliphatic hydroxyl groups is 1. The summed E-state index contributed by atoms with van der Waals surface area (Å²) in [4.78, 5) is 26.3. The van der Waals surface area contributed by atoms with Crippen molar-refractivity contribution in [1.29, 1.82) is 0 Å². The lowest BCUT2D eigenvalue weighted by molar-refractivity contribution is -0.195. The molecule has 1 spiro atoms. The molecule has 2 aliphatic rings. The predicted molar refractivity (Wildman–Crippen MR) is 106 cm³/mol. The lowest BCUT2D eigenvalue weighted by atomic mass is 9.73. The van der Waals surface area contributed by atoms with Crippen LogP contribution in [-0.4, -0.2) is 70.0 Å². The molecule has 2 aromatic rings. The largest absolute Gasteiger partial charge is 0.481 e. The number of carbonyl (C=O) groups excluding carboxylic acids is 1. The third-order valence-corrected chi connectivity index (χ3v) is 6.07. The molecule has 0 aliphatic carbocycles. The Kier molecular flexibility index (Phi) is 5.18. The second-order valence-corrected chi connectivity index (χ2v) is 7.91. The van der Waals surface area contributed by atoms with Gasteiger partial charge in [-0.05, 0) is 38.3 Å². The summed E-state index contributed by atoms with van der Waals surface area (Å²) >= 11 is 0. The van der Waals surface area contributed by atoms with Gasteiger partial charge in [-0.3, -0.25) is 4.79 Å². The van der Waals surface area contributed by atoms with Crippen LogP contribution >= 0.6 is 0 Å². The number of methoxy groups -OCH3 is 1. The lowest BCUT2D eigenvalue weighted by Crippen LogP contribution is -2.69. The molecule has 2 saturated heterocycles. The van der Waals surface area contributed by atoms with Crippen LogP contribution in [-0.2, 0) is 4.74 Å². The average molecular weight is 401 g/mol. The van der Waals surface area contributed by atoms with Crippen molar-refractivity contribution in [3.63, 3.8) is 0 Å². The van der Waals surface area contributed by atoms with E-state index < -0.39 is 17.2 Å². The van der Waals surface area contributed by atoms with E-state index in [1.54, 1.807) is 37.7 Å². The Bertz CT molecular complexity index is 850. The molecule has 9 nitrogen and oxygen atoms in total. The highest BCUT2D eigenvalue weighted by molar-refractivity contribution is 5.92. The van der Waals surface area contributed by atoms with Crippen LogP contribution in [0.5, 0.6) is 5.88 Å². The van der Waals surface area contributed by atoms with E-state index in [2.05, 4.69) is 25.2 Å². The Morgan fingerprint density at radius 2 is 2.17 bits per heavy atom. The molecule has 4 heterocycles. The van der Waals surface area contributed by atoms with Gasteiger partial charge in [-0.25, -0.2) is 4.98 Å². The van der Waals surface area contributed by atoms with Gasteiger partial charge in [-0.1, -0.05) is 0 Å². The molecule has 4 rings (SSSR count). The van der Waals surface area contributed by atoms with E-state index in [-0.39, 0.29) is 5.91 Å². The third-order valence-electron chi connectivity index (χ3n) is 6.07. The van der Waals surface area contributed by atoms with Crippen LogP contribution in [0, 0.1) is 0 Å². The van der Waals surface area contributed by atoms with Crippen LogP contribution in [0.25, 0.3) is 0 Å². The van der Waals surface area contributed by atoms with E-state index in [4.69, 9.17) is 9.47 Å². The first-order chi connectivity index (χ1) is 14.0. The molecule has 0 radical (unpaired) electrons. The quantitative estimate of drug-likeness (QED) is 0.704. The molecule has 29 heavy (non-hydrogen) atoms. The number of hydrogen-bond donors (Lipinski definition) is 3. The van der Waals surface area contributed by atoms with Gasteiger partial charge < -0.3 is 29.8 Å². The van der Waals surface area contributed by atoms with Crippen molar-refractivity contribution < 1.29 is 19.4 Å². The molecule has 0 aromatic carbocycles. The van der Waals surface area contributed by atoms with E-state index in [0.717, 1.165) is 0 Å². The smallest absolute Gasteiger partial charge is 0.268 e. The van der Waals surface area contributed by atoms with E-state index in [9.17, 15) is 9.90 Å². The van der Waals surface area contributed by atoms with E-state index in [1.165, 1.54) is 0 Å². The van der Waals surface area contributed by atoms with Crippen molar-refractivity contribution in [2.24, 2.45) is 0 Å². The zero-order chi connectivity index (χ0) is 20.5. The van der Waals surface area contributed by atoms with Crippen molar-refractivity contribution in [2.45, 2.75) is 43.4 Å². The minimum atomic E-state index is -0.823. The number of aliphatic hydroxyl groups excluding tert-OH is 1. The number of aromatic amines is 1. The maximum absolute atomic E-state index is 12.6. The molecule has 1 amide bonds. The molecule has 3 N–H and O–H groups in total. The first-order valence-corrected chi connectivity index (χ1v) is 9.86. The topological polar surface area (TPSA) is 113 Å². The summed E-state index contributed by atoms with van der Waals surface area (Å²) in [6.45, 7) is 3.66. The van der Waals surface area contributed by atoms with Crippen LogP contribution in [0.15, 0.2) is 30.6 Å². The summed E-state index contributed by atoms with van der Waals surface area (Å²) in [5.41, 5.74) is -0.996. The second kappa shape index (κ2) is 7.64. The van der Waals surface area contributed by atoms with Crippen LogP contribution < -0.4 is 15.0 Å². The van der Waals surface area contributed by atoms with Crippen LogP contribution in [0.1, 0.15) is 36.7 Å². The zero-order valence-corrected chi connectivity index (χ0v) is 16.7. The highest BCUT2D eigenvalue weighted by atomic mass is 16.5. The Hall–Kier alpha value is -2.65. The number of carbonyl (C=O) groups is 1. The van der Waals surface area contributed by atoms with Crippen molar-refractivity contribution in [3.05, 3.63) is 36.3 Å². The van der Waals surface area contributed by atoms with Crippen molar-refractivity contribution in [1.82, 2.24) is 20.3 Å². The Balaban J connectivity index is 1.46. The average Bonchev–Trinajstić information content (AvgIpc) is 3.28. The number of aromatic nitrogens is 3. The fourth-order valence-corrected chi connectivity index (χ4v) is 4.29. The molecule has 9 heteroatoms. The van der Waals surface area contributed by atoms with E-state index in [1.807, 2.05) is 6.92 Å². The molecule has 0 bridgehead atoms. The maximum Gasteiger partial charge on any atom is 0.268 e. The number of piperidine rings is 1. The van der Waals surface area contributed by atoms with Gasteiger partial charge in [0.1, 0.15) is 11.8 Å². The fourth-order valence-electron chi connectivity index (χ4n) is 4.29. The molecule has 0 unspecified atom stereocenters. The SMILES string of the molecule is COc1ccnc(N2CCC3(CC2)OCC[C@](C)(NC(=O)c2ccc[nH]2)[C@H]3O)n1. The molecule has 2 atom stereocenters. The first-order valence-electron chi connectivity index (χ1n) is 9.86. The van der Waals surface area contributed by atoms with E-state index in [0.29, 0.717) is 56.5 Å². The zero-order valence-electron chi connectivity index (χ0n) is 16.7. The maximum atomic E-state index is 12.6. The number of nitrogens with one attached hydrogen (secondary N) is 2. The first kappa shape index (κ1) is 19.7. The Morgan fingerprint density at radius 3 is 2.86 bits per heavy atom. The molecular formula is C20H27N5O4. The van der Waals surface area contributed by atoms with Crippen LogP contribution in [0.3, 0.4) is 0 Å². The monoisotopic (exact) mass is 401 g/mol. The molecule has 156 valence electrons. The number of hydrogen-bond acceptors (Lipinski definition) is 7. The summed E-state index contributed by atoms with van der Waals surface area (Å²) < 4.78 is 11.3. The number of ether oxygens (including phenoxy) is 2. The number of rotatable bonds is 4. The summed E-state index contributed by atoms with van der Waals surface area (Å²) in [6.07, 6.45) is 4.33. The molecule has 0 saturated carbocycles. The second-order valence-electron chi connectivity index (χ2n) is 7.91. The predicted octanol–water partition coefficient (Wildman–Crippen LogP) is 1.12. The van der Waals surface area contributed by atoms with Crippen LogP contribution in [0.4, 0.5) is 5.95 Å². The molecule has 2 aromatic heterocycles. The molecule has 2 fully saturated rings. The minimum absolute atomic E-state index is 0.226. The summed E-state index contributed by atoms with van der Waals surface area (Å²) in [5.74, 6) is 0.895. The summed E-state index contributed by atoms with van der Waals surface area (Å²) in [6, 6.07) is 5.20. The van der Waals surface area contributed by atoms with Gasteiger partial charge in [0.05, 0.1) is 18.2 Å². The highest BCUT2D eigenvalue weighted by Crippen LogP contribution is 2.40. The molecular weight excluding hydrogens is 374 g/mol. The number of amides is 1. The van der Waals surface area contributed by atoms with Crippen LogP contribution in [0.2, 0.25) is 0 Å². The summed E-state index contributed by atoms with van der Waals surface area (Å²) in [7, 11) is 1.58. The number of anilines is 1. The van der Waals surface area contributed by atoms with Crippen molar-refractivity contribution >= 4 is 11.9 Å². The van der Waals surface area contributed by atoms with Crippen molar-refractivity contribution in [2.75, 3.05) is 31.7 Å². The third kappa shape index (κ3) is 3.67. The lowest BCUT2D eigenvalue weighted by Gasteiger charge is -2.53. The highest BCUT2D eigenvalue weighted by Gasteiger charge is 2.54. The van der Waals surface area contributed by atoms with Gasteiger partial charge in [-0.15, -0.1) is 0 Å². The van der Waals surface area contributed by atoms with Gasteiger partial charge in [0.15, 0.2) is 0 Å². The Labute approximate surface area is 169 Å². The minimum Gasteiger partial charge on any atom is -0.481 e. The van der Waals surface area contributed by atoms with Gasteiger partial charge >= 0.3 is 0 Å².